The summed E-state index contributed by atoms with van der Waals surface area (Å²) in [6.45, 7) is 9.66. The number of rotatable bonds is 7. The molecule has 20 heavy (non-hydrogen) atoms. The average molecular weight is 286 g/mol. The van der Waals surface area contributed by atoms with E-state index in [0.29, 0.717) is 38.8 Å². The summed E-state index contributed by atoms with van der Waals surface area (Å²) in [7, 11) is 0. The minimum Gasteiger partial charge on any atom is -0.481 e. The van der Waals surface area contributed by atoms with Crippen molar-refractivity contribution in [3.05, 3.63) is 0 Å². The van der Waals surface area contributed by atoms with Gasteiger partial charge < -0.3 is 14.7 Å². The van der Waals surface area contributed by atoms with Gasteiger partial charge in [0.2, 0.25) is 5.91 Å². The predicted molar refractivity (Wildman–Crippen MR) is 75.5 cm³/mol. The number of hydrogen-bond donors (Lipinski definition) is 1. The highest BCUT2D eigenvalue weighted by Crippen LogP contribution is 2.07. The first-order valence-corrected chi connectivity index (χ1v) is 7.20. The fourth-order valence-corrected chi connectivity index (χ4v) is 2.29. The molecule has 1 aliphatic rings. The van der Waals surface area contributed by atoms with E-state index in [4.69, 9.17) is 9.84 Å². The molecule has 0 aliphatic carbocycles. The Balaban J connectivity index is 2.53. The molecule has 1 unspecified atom stereocenters. The smallest absolute Gasteiger partial charge is 0.307 e. The van der Waals surface area contributed by atoms with E-state index < -0.39 is 11.9 Å². The second-order valence-corrected chi connectivity index (χ2v) is 5.82. The van der Waals surface area contributed by atoms with E-state index in [1.807, 2.05) is 4.90 Å². The maximum atomic E-state index is 12.2. The lowest BCUT2D eigenvalue weighted by Gasteiger charge is -2.31. The van der Waals surface area contributed by atoms with Crippen molar-refractivity contribution in [3.8, 4) is 0 Å². The monoisotopic (exact) mass is 286 g/mol. The van der Waals surface area contributed by atoms with Crippen molar-refractivity contribution in [2.75, 3.05) is 45.9 Å². The largest absolute Gasteiger partial charge is 0.481 e. The summed E-state index contributed by atoms with van der Waals surface area (Å²) in [5.74, 6) is -0.830. The van der Waals surface area contributed by atoms with Crippen LogP contribution in [0.25, 0.3) is 0 Å². The van der Waals surface area contributed by atoms with Crippen LogP contribution in [0.3, 0.4) is 0 Å². The zero-order valence-corrected chi connectivity index (χ0v) is 12.7. The maximum absolute atomic E-state index is 12.2. The zero-order chi connectivity index (χ0) is 15.1. The van der Waals surface area contributed by atoms with Gasteiger partial charge in [0.15, 0.2) is 0 Å². The van der Waals surface area contributed by atoms with Gasteiger partial charge in [-0.15, -0.1) is 0 Å². The van der Waals surface area contributed by atoms with Crippen molar-refractivity contribution < 1.29 is 19.4 Å². The average Bonchev–Trinajstić information content (AvgIpc) is 2.38. The molecule has 1 N–H and O–H groups in total. The predicted octanol–water partition coefficient (Wildman–Crippen LogP) is 0.524. The lowest BCUT2D eigenvalue weighted by molar-refractivity contribution is -0.143. The van der Waals surface area contributed by atoms with Crippen molar-refractivity contribution in [1.29, 1.82) is 0 Å². The Kier molecular flexibility index (Phi) is 6.95. The summed E-state index contributed by atoms with van der Waals surface area (Å²) < 4.78 is 5.23. The van der Waals surface area contributed by atoms with Crippen LogP contribution in [-0.4, -0.2) is 72.7 Å². The molecule has 116 valence electrons. The first-order valence-electron chi connectivity index (χ1n) is 7.20. The van der Waals surface area contributed by atoms with Crippen LogP contribution >= 0.6 is 0 Å². The number of carboxylic acid groups (broad SMARTS) is 1. The summed E-state index contributed by atoms with van der Waals surface area (Å²) in [6.07, 6.45) is 0. The van der Waals surface area contributed by atoms with E-state index in [2.05, 4.69) is 13.8 Å². The van der Waals surface area contributed by atoms with E-state index >= 15 is 0 Å². The van der Waals surface area contributed by atoms with Gasteiger partial charge in [0, 0.05) is 26.2 Å². The Morgan fingerprint density at radius 1 is 1.20 bits per heavy atom. The van der Waals surface area contributed by atoms with Crippen LogP contribution in [0, 0.1) is 11.8 Å². The van der Waals surface area contributed by atoms with Crippen molar-refractivity contribution in [3.63, 3.8) is 0 Å². The molecule has 1 rings (SSSR count). The molecule has 0 aromatic heterocycles. The van der Waals surface area contributed by atoms with Gasteiger partial charge in [0.05, 0.1) is 25.7 Å². The highest BCUT2D eigenvalue weighted by atomic mass is 16.5. The van der Waals surface area contributed by atoms with E-state index in [0.717, 1.165) is 6.54 Å². The molecule has 1 aliphatic heterocycles. The molecule has 1 amide bonds. The van der Waals surface area contributed by atoms with Gasteiger partial charge in [-0.25, -0.2) is 0 Å². The van der Waals surface area contributed by atoms with Crippen LogP contribution < -0.4 is 0 Å². The van der Waals surface area contributed by atoms with E-state index in [1.54, 1.807) is 11.8 Å². The number of carboxylic acids is 1. The molecule has 0 aromatic rings. The SMILES string of the molecule is CC(C)CN(CC(=O)N1CCOCC1)CC(C)C(=O)O. The van der Waals surface area contributed by atoms with E-state index in [1.165, 1.54) is 0 Å². The van der Waals surface area contributed by atoms with Gasteiger partial charge in [-0.05, 0) is 5.92 Å². The Morgan fingerprint density at radius 2 is 1.80 bits per heavy atom. The third-order valence-corrected chi connectivity index (χ3v) is 3.30. The first-order chi connectivity index (χ1) is 9.40. The number of aliphatic carboxylic acids is 1. The molecule has 0 aromatic carbocycles. The molecular weight excluding hydrogens is 260 g/mol. The van der Waals surface area contributed by atoms with E-state index in [-0.39, 0.29) is 12.5 Å². The van der Waals surface area contributed by atoms with Gasteiger partial charge in [0.1, 0.15) is 0 Å². The number of nitrogens with zero attached hydrogens (tertiary/aromatic N) is 2. The number of carbonyl (C=O) groups excluding carboxylic acids is 1. The quantitative estimate of drug-likeness (QED) is 0.739. The van der Waals surface area contributed by atoms with E-state index in [9.17, 15) is 9.59 Å². The first kappa shape index (κ1) is 16.9. The Labute approximate surface area is 120 Å². The number of hydrogen-bond acceptors (Lipinski definition) is 4. The van der Waals surface area contributed by atoms with Gasteiger partial charge in [-0.2, -0.15) is 0 Å². The fraction of sp³-hybridized carbons (Fsp3) is 0.857. The molecule has 6 heteroatoms. The standard InChI is InChI=1S/C14H26N2O4/c1-11(2)8-15(9-12(3)14(18)19)10-13(17)16-4-6-20-7-5-16/h11-12H,4-10H2,1-3H3,(H,18,19). The van der Waals surface area contributed by atoms with Gasteiger partial charge in [-0.3, -0.25) is 14.5 Å². The Hall–Kier alpha value is -1.14. The van der Waals surface area contributed by atoms with Crippen LogP contribution in [-0.2, 0) is 14.3 Å². The highest BCUT2D eigenvalue weighted by molar-refractivity contribution is 5.78. The van der Waals surface area contributed by atoms with Crippen LogP contribution in [0.2, 0.25) is 0 Å². The summed E-state index contributed by atoms with van der Waals surface area (Å²) in [5.41, 5.74) is 0. The van der Waals surface area contributed by atoms with Gasteiger partial charge in [-0.1, -0.05) is 20.8 Å². The van der Waals surface area contributed by atoms with Crippen LogP contribution in [0.5, 0.6) is 0 Å². The summed E-state index contributed by atoms with van der Waals surface area (Å²) in [4.78, 5) is 26.9. The van der Waals surface area contributed by atoms with Crippen molar-refractivity contribution in [1.82, 2.24) is 9.80 Å². The molecular formula is C14H26N2O4. The van der Waals surface area contributed by atoms with Crippen LogP contribution in [0.4, 0.5) is 0 Å². The third kappa shape index (κ3) is 5.88. The zero-order valence-electron chi connectivity index (χ0n) is 12.7. The topological polar surface area (TPSA) is 70.1 Å². The fourth-order valence-electron chi connectivity index (χ4n) is 2.29. The molecule has 0 radical (unpaired) electrons. The van der Waals surface area contributed by atoms with Crippen molar-refractivity contribution >= 4 is 11.9 Å². The molecule has 1 atom stereocenters. The summed E-state index contributed by atoms with van der Waals surface area (Å²) in [5, 5.41) is 9.01. The summed E-state index contributed by atoms with van der Waals surface area (Å²) >= 11 is 0. The molecule has 0 bridgehead atoms. The normalized spacial score (nSPS) is 17.6. The van der Waals surface area contributed by atoms with Crippen LogP contribution in [0.1, 0.15) is 20.8 Å². The lowest BCUT2D eigenvalue weighted by Crippen LogP contribution is -2.47. The number of ether oxygens (including phenoxy) is 1. The third-order valence-electron chi connectivity index (χ3n) is 3.30. The minimum absolute atomic E-state index is 0.0616. The second-order valence-electron chi connectivity index (χ2n) is 5.82. The maximum Gasteiger partial charge on any atom is 0.307 e. The molecule has 0 saturated carbocycles. The van der Waals surface area contributed by atoms with Crippen LogP contribution in [0.15, 0.2) is 0 Å². The molecule has 1 heterocycles. The lowest BCUT2D eigenvalue weighted by atomic mass is 10.1. The Morgan fingerprint density at radius 3 is 2.30 bits per heavy atom. The Bertz CT molecular complexity index is 327. The number of amides is 1. The molecule has 0 spiro atoms. The molecule has 1 fully saturated rings. The van der Waals surface area contributed by atoms with Gasteiger partial charge in [0.25, 0.3) is 0 Å². The second kappa shape index (κ2) is 8.21. The summed E-state index contributed by atoms with van der Waals surface area (Å²) in [6, 6.07) is 0. The molecule has 1 saturated heterocycles. The number of morpholine rings is 1. The van der Waals surface area contributed by atoms with Crippen molar-refractivity contribution in [2.45, 2.75) is 20.8 Å². The highest BCUT2D eigenvalue weighted by Gasteiger charge is 2.23. The van der Waals surface area contributed by atoms with Gasteiger partial charge >= 0.3 is 5.97 Å². The number of carbonyl (C=O) groups is 2. The van der Waals surface area contributed by atoms with Crippen molar-refractivity contribution in [2.24, 2.45) is 11.8 Å². The minimum atomic E-state index is -0.822. The molecule has 6 nitrogen and oxygen atoms in total.